The summed E-state index contributed by atoms with van der Waals surface area (Å²) in [4.78, 5) is 11.9. The molecule has 3 nitrogen and oxygen atoms in total. The molecule has 1 N–H and O–H groups in total. The van der Waals surface area contributed by atoms with Gasteiger partial charge in [0.05, 0.1) is 13.2 Å². The summed E-state index contributed by atoms with van der Waals surface area (Å²) < 4.78 is 19.4. The van der Waals surface area contributed by atoms with Crippen LogP contribution in [0.15, 0.2) is 53.0 Å². The van der Waals surface area contributed by atoms with E-state index >= 15 is 0 Å². The van der Waals surface area contributed by atoms with Crippen molar-refractivity contribution >= 4 is 27.9 Å². The molecule has 0 spiro atoms. The van der Waals surface area contributed by atoms with E-state index in [0.717, 1.165) is 10.0 Å². The molecule has 5 heteroatoms. The van der Waals surface area contributed by atoms with Gasteiger partial charge < -0.3 is 10.1 Å². The molecule has 0 heterocycles. The zero-order valence-corrected chi connectivity index (χ0v) is 14.4. The van der Waals surface area contributed by atoms with Crippen molar-refractivity contribution in [2.45, 2.75) is 13.0 Å². The molecule has 120 valence electrons. The Morgan fingerprint density at radius 1 is 1.26 bits per heavy atom. The van der Waals surface area contributed by atoms with E-state index in [4.69, 9.17) is 4.74 Å². The first-order valence-corrected chi connectivity index (χ1v) is 7.86. The summed E-state index contributed by atoms with van der Waals surface area (Å²) in [6.07, 6.45) is 2.95. The molecular formula is C18H17BrFNO2. The number of benzene rings is 2. The molecule has 0 saturated carbocycles. The van der Waals surface area contributed by atoms with Gasteiger partial charge in [-0.3, -0.25) is 4.79 Å². The van der Waals surface area contributed by atoms with Crippen molar-refractivity contribution in [2.75, 3.05) is 7.11 Å². The molecule has 2 rings (SSSR count). The number of halogens is 2. The average Bonchev–Trinajstić information content (AvgIpc) is 2.53. The molecule has 0 aliphatic heterocycles. The van der Waals surface area contributed by atoms with E-state index in [-0.39, 0.29) is 17.7 Å². The number of hydrogen-bond donors (Lipinski definition) is 1. The van der Waals surface area contributed by atoms with Crippen LogP contribution in [-0.4, -0.2) is 13.0 Å². The Labute approximate surface area is 143 Å². The highest BCUT2D eigenvalue weighted by molar-refractivity contribution is 9.10. The second kappa shape index (κ2) is 7.92. The number of rotatable bonds is 5. The minimum atomic E-state index is -0.460. The van der Waals surface area contributed by atoms with Gasteiger partial charge in [-0.2, -0.15) is 0 Å². The average molecular weight is 378 g/mol. The number of amides is 1. The lowest BCUT2D eigenvalue weighted by Gasteiger charge is -2.12. The van der Waals surface area contributed by atoms with Crippen LogP contribution in [0.25, 0.3) is 6.08 Å². The molecule has 2 aromatic carbocycles. The third-order valence-electron chi connectivity index (χ3n) is 3.33. The van der Waals surface area contributed by atoms with E-state index in [9.17, 15) is 9.18 Å². The maximum Gasteiger partial charge on any atom is 0.244 e. The predicted molar refractivity (Wildman–Crippen MR) is 92.7 cm³/mol. The number of hydrogen-bond acceptors (Lipinski definition) is 2. The topological polar surface area (TPSA) is 38.3 Å². The summed E-state index contributed by atoms with van der Waals surface area (Å²) in [5.41, 5.74) is 1.60. The van der Waals surface area contributed by atoms with Crippen LogP contribution >= 0.6 is 15.9 Å². The van der Waals surface area contributed by atoms with Crippen LogP contribution in [0, 0.1) is 5.82 Å². The Kier molecular flexibility index (Phi) is 5.93. The number of carbonyl (C=O) groups is 1. The zero-order valence-electron chi connectivity index (χ0n) is 12.8. The van der Waals surface area contributed by atoms with Crippen LogP contribution in [0.1, 0.15) is 24.1 Å². The standard InChI is InChI=1S/C18H17BrFNO2/c1-12(14-5-7-15(19)8-6-14)21-18(22)10-4-13-3-9-17(23-2)16(20)11-13/h3-12H,1-2H3,(H,21,22)/b10-4+/t12-/m1/s1. The smallest absolute Gasteiger partial charge is 0.244 e. The summed E-state index contributed by atoms with van der Waals surface area (Å²) in [5.74, 6) is -0.523. The number of ether oxygens (including phenoxy) is 1. The Hall–Kier alpha value is -2.14. The molecule has 23 heavy (non-hydrogen) atoms. The highest BCUT2D eigenvalue weighted by Crippen LogP contribution is 2.19. The Balaban J connectivity index is 1.98. The second-order valence-corrected chi connectivity index (χ2v) is 5.92. The Morgan fingerprint density at radius 3 is 2.57 bits per heavy atom. The molecule has 0 aliphatic rings. The molecule has 0 saturated heterocycles. The molecule has 2 aromatic rings. The molecular weight excluding hydrogens is 361 g/mol. The lowest BCUT2D eigenvalue weighted by atomic mass is 10.1. The fourth-order valence-electron chi connectivity index (χ4n) is 2.05. The van der Waals surface area contributed by atoms with Gasteiger partial charge in [-0.15, -0.1) is 0 Å². The fraction of sp³-hybridized carbons (Fsp3) is 0.167. The predicted octanol–water partition coefficient (Wildman–Crippen LogP) is 4.49. The quantitative estimate of drug-likeness (QED) is 0.779. The van der Waals surface area contributed by atoms with Gasteiger partial charge in [-0.05, 0) is 48.4 Å². The van der Waals surface area contributed by atoms with Gasteiger partial charge in [0.15, 0.2) is 11.6 Å². The van der Waals surface area contributed by atoms with E-state index in [1.165, 1.54) is 25.3 Å². The molecule has 1 amide bonds. The first kappa shape index (κ1) is 17.2. The number of carbonyl (C=O) groups excluding carboxylic acids is 1. The van der Waals surface area contributed by atoms with Crippen LogP contribution in [0.3, 0.4) is 0 Å². The van der Waals surface area contributed by atoms with Crippen molar-refractivity contribution in [2.24, 2.45) is 0 Å². The first-order valence-electron chi connectivity index (χ1n) is 7.07. The van der Waals surface area contributed by atoms with Gasteiger partial charge in [0.2, 0.25) is 5.91 Å². The van der Waals surface area contributed by atoms with Gasteiger partial charge in [-0.1, -0.05) is 34.1 Å². The van der Waals surface area contributed by atoms with E-state index in [1.807, 2.05) is 31.2 Å². The van der Waals surface area contributed by atoms with Crippen molar-refractivity contribution in [3.05, 3.63) is 70.0 Å². The number of nitrogens with one attached hydrogen (secondary N) is 1. The minimum absolute atomic E-state index is 0.118. The van der Waals surface area contributed by atoms with Gasteiger partial charge in [0.25, 0.3) is 0 Å². The van der Waals surface area contributed by atoms with E-state index in [0.29, 0.717) is 5.56 Å². The van der Waals surface area contributed by atoms with E-state index in [1.54, 1.807) is 12.1 Å². The molecule has 0 aromatic heterocycles. The number of methoxy groups -OCH3 is 1. The second-order valence-electron chi connectivity index (χ2n) is 5.01. The van der Waals surface area contributed by atoms with Gasteiger partial charge in [0, 0.05) is 10.5 Å². The first-order chi connectivity index (χ1) is 11.0. The third kappa shape index (κ3) is 4.93. The van der Waals surface area contributed by atoms with Crippen molar-refractivity contribution in [1.29, 1.82) is 0 Å². The van der Waals surface area contributed by atoms with Crippen LogP contribution in [0.4, 0.5) is 4.39 Å². The van der Waals surface area contributed by atoms with Gasteiger partial charge in [-0.25, -0.2) is 4.39 Å². The summed E-state index contributed by atoms with van der Waals surface area (Å²) in [7, 11) is 1.41. The van der Waals surface area contributed by atoms with Crippen LogP contribution < -0.4 is 10.1 Å². The fourth-order valence-corrected chi connectivity index (χ4v) is 2.32. The van der Waals surface area contributed by atoms with Crippen molar-refractivity contribution in [1.82, 2.24) is 5.32 Å². The van der Waals surface area contributed by atoms with Gasteiger partial charge >= 0.3 is 0 Å². The van der Waals surface area contributed by atoms with Crippen LogP contribution in [-0.2, 0) is 4.79 Å². The summed E-state index contributed by atoms with van der Waals surface area (Å²) in [5, 5.41) is 2.86. The highest BCUT2D eigenvalue weighted by Gasteiger charge is 2.07. The molecule has 0 fully saturated rings. The van der Waals surface area contributed by atoms with Gasteiger partial charge in [0.1, 0.15) is 0 Å². The van der Waals surface area contributed by atoms with Crippen molar-refractivity contribution in [3.63, 3.8) is 0 Å². The molecule has 0 unspecified atom stereocenters. The molecule has 0 radical (unpaired) electrons. The van der Waals surface area contributed by atoms with Crippen LogP contribution in [0.2, 0.25) is 0 Å². The summed E-state index contributed by atoms with van der Waals surface area (Å²) in [6, 6.07) is 12.1. The highest BCUT2D eigenvalue weighted by atomic mass is 79.9. The lowest BCUT2D eigenvalue weighted by Crippen LogP contribution is -2.24. The summed E-state index contributed by atoms with van der Waals surface area (Å²) >= 11 is 3.37. The van der Waals surface area contributed by atoms with Crippen molar-refractivity contribution < 1.29 is 13.9 Å². The molecule has 0 bridgehead atoms. The van der Waals surface area contributed by atoms with E-state index < -0.39 is 5.82 Å². The summed E-state index contributed by atoms with van der Waals surface area (Å²) in [6.45, 7) is 1.90. The Bertz CT molecular complexity index is 713. The Morgan fingerprint density at radius 2 is 1.96 bits per heavy atom. The molecule has 1 atom stereocenters. The SMILES string of the molecule is COc1ccc(/C=C/C(=O)N[C@H](C)c2ccc(Br)cc2)cc1F. The largest absolute Gasteiger partial charge is 0.494 e. The van der Waals surface area contributed by atoms with Crippen LogP contribution in [0.5, 0.6) is 5.75 Å². The monoisotopic (exact) mass is 377 g/mol. The minimum Gasteiger partial charge on any atom is -0.494 e. The maximum absolute atomic E-state index is 13.6. The van der Waals surface area contributed by atoms with E-state index in [2.05, 4.69) is 21.2 Å². The lowest BCUT2D eigenvalue weighted by molar-refractivity contribution is -0.117. The third-order valence-corrected chi connectivity index (χ3v) is 3.86. The normalized spacial score (nSPS) is 12.2. The molecule has 0 aliphatic carbocycles. The van der Waals surface area contributed by atoms with Crippen molar-refractivity contribution in [3.8, 4) is 5.75 Å². The maximum atomic E-state index is 13.6. The zero-order chi connectivity index (χ0) is 16.8.